The van der Waals surface area contributed by atoms with Crippen LogP contribution in [0.3, 0.4) is 0 Å². The maximum Gasteiger partial charge on any atom is 0.348 e. The zero-order valence-corrected chi connectivity index (χ0v) is 10.1. The fourth-order valence-electron chi connectivity index (χ4n) is 1.83. The highest BCUT2D eigenvalue weighted by atomic mass is 32.1. The SMILES string of the molecule is CC(=O)COC(=O)c1cc2c(s1)CCCC2. The Bertz CT molecular complexity index is 396. The van der Waals surface area contributed by atoms with E-state index in [9.17, 15) is 9.59 Å². The molecule has 16 heavy (non-hydrogen) atoms. The molecule has 1 aromatic heterocycles. The lowest BCUT2D eigenvalue weighted by Gasteiger charge is -2.08. The predicted molar refractivity (Wildman–Crippen MR) is 61.9 cm³/mol. The summed E-state index contributed by atoms with van der Waals surface area (Å²) in [5, 5.41) is 0. The lowest BCUT2D eigenvalue weighted by molar-refractivity contribution is -0.120. The van der Waals surface area contributed by atoms with Gasteiger partial charge in [-0.3, -0.25) is 4.79 Å². The van der Waals surface area contributed by atoms with E-state index in [-0.39, 0.29) is 18.4 Å². The number of ketones is 1. The van der Waals surface area contributed by atoms with Crippen molar-refractivity contribution in [2.75, 3.05) is 6.61 Å². The summed E-state index contributed by atoms with van der Waals surface area (Å²) in [6, 6.07) is 1.92. The second-order valence-corrected chi connectivity index (χ2v) is 5.18. The number of carbonyl (C=O) groups is 2. The van der Waals surface area contributed by atoms with Crippen LogP contribution < -0.4 is 0 Å². The van der Waals surface area contributed by atoms with Crippen molar-refractivity contribution >= 4 is 23.1 Å². The van der Waals surface area contributed by atoms with Crippen LogP contribution in [0.15, 0.2) is 6.07 Å². The molecule has 0 bridgehead atoms. The van der Waals surface area contributed by atoms with Crippen molar-refractivity contribution in [2.24, 2.45) is 0 Å². The van der Waals surface area contributed by atoms with E-state index in [0.717, 1.165) is 12.8 Å². The maximum atomic E-state index is 11.6. The highest BCUT2D eigenvalue weighted by molar-refractivity contribution is 7.14. The number of hydrogen-bond donors (Lipinski definition) is 0. The maximum absolute atomic E-state index is 11.6. The number of fused-ring (bicyclic) bond motifs is 1. The summed E-state index contributed by atoms with van der Waals surface area (Å²) in [5.41, 5.74) is 1.28. The highest BCUT2D eigenvalue weighted by Gasteiger charge is 2.18. The zero-order chi connectivity index (χ0) is 11.5. The summed E-state index contributed by atoms with van der Waals surface area (Å²) in [4.78, 5) is 24.2. The van der Waals surface area contributed by atoms with E-state index in [2.05, 4.69) is 0 Å². The number of carbonyl (C=O) groups excluding carboxylic acids is 2. The standard InChI is InChI=1S/C12H14O3S/c1-8(13)7-15-12(14)11-6-9-4-2-3-5-10(9)16-11/h6H,2-5,7H2,1H3. The van der Waals surface area contributed by atoms with Crippen LogP contribution in [-0.4, -0.2) is 18.4 Å². The average molecular weight is 238 g/mol. The Morgan fingerprint density at radius 3 is 2.81 bits per heavy atom. The van der Waals surface area contributed by atoms with Gasteiger partial charge in [-0.25, -0.2) is 4.79 Å². The molecule has 0 N–H and O–H groups in total. The minimum absolute atomic E-state index is 0.124. The molecule has 1 aromatic rings. The first-order chi connectivity index (χ1) is 7.66. The highest BCUT2D eigenvalue weighted by Crippen LogP contribution is 2.29. The van der Waals surface area contributed by atoms with Gasteiger partial charge in [0, 0.05) is 4.88 Å². The molecule has 0 radical (unpaired) electrons. The molecule has 0 atom stereocenters. The molecule has 4 heteroatoms. The minimum Gasteiger partial charge on any atom is -0.454 e. The van der Waals surface area contributed by atoms with Gasteiger partial charge in [-0.05, 0) is 44.2 Å². The summed E-state index contributed by atoms with van der Waals surface area (Å²) >= 11 is 1.51. The van der Waals surface area contributed by atoms with Gasteiger partial charge < -0.3 is 4.74 Å². The van der Waals surface area contributed by atoms with Crippen molar-refractivity contribution in [1.29, 1.82) is 0 Å². The summed E-state index contributed by atoms with van der Waals surface area (Å²) in [7, 11) is 0. The van der Waals surface area contributed by atoms with Crippen molar-refractivity contribution in [2.45, 2.75) is 32.6 Å². The molecule has 0 saturated carbocycles. The molecule has 0 fully saturated rings. The van der Waals surface area contributed by atoms with Gasteiger partial charge in [0.2, 0.25) is 0 Å². The van der Waals surface area contributed by atoms with Crippen LogP contribution in [-0.2, 0) is 22.4 Å². The number of esters is 1. The Hall–Kier alpha value is -1.16. The molecule has 0 amide bonds. The smallest absolute Gasteiger partial charge is 0.348 e. The Kier molecular flexibility index (Phi) is 3.39. The first-order valence-electron chi connectivity index (χ1n) is 5.45. The number of hydrogen-bond acceptors (Lipinski definition) is 4. The zero-order valence-electron chi connectivity index (χ0n) is 9.25. The summed E-state index contributed by atoms with van der Waals surface area (Å²) < 4.78 is 4.89. The third-order valence-electron chi connectivity index (χ3n) is 2.60. The van der Waals surface area contributed by atoms with E-state index in [1.54, 1.807) is 0 Å². The van der Waals surface area contributed by atoms with Gasteiger partial charge in [0.05, 0.1) is 0 Å². The van der Waals surface area contributed by atoms with Crippen LogP contribution in [0.25, 0.3) is 0 Å². The largest absolute Gasteiger partial charge is 0.454 e. The van der Waals surface area contributed by atoms with Gasteiger partial charge in [-0.2, -0.15) is 0 Å². The summed E-state index contributed by atoms with van der Waals surface area (Å²) in [6.45, 7) is 1.29. The Morgan fingerprint density at radius 2 is 2.12 bits per heavy atom. The number of Topliss-reactive ketones (excluding diaryl/α,β-unsaturated/α-hetero) is 1. The van der Waals surface area contributed by atoms with Gasteiger partial charge in [0.25, 0.3) is 0 Å². The first-order valence-corrected chi connectivity index (χ1v) is 6.26. The van der Waals surface area contributed by atoms with E-state index in [1.807, 2.05) is 6.07 Å². The fraction of sp³-hybridized carbons (Fsp3) is 0.500. The Morgan fingerprint density at radius 1 is 1.38 bits per heavy atom. The van der Waals surface area contributed by atoms with Crippen LogP contribution >= 0.6 is 11.3 Å². The summed E-state index contributed by atoms with van der Waals surface area (Å²) in [6.07, 6.45) is 4.53. The van der Waals surface area contributed by atoms with Crippen LogP contribution in [0.4, 0.5) is 0 Å². The molecule has 1 aliphatic carbocycles. The topological polar surface area (TPSA) is 43.4 Å². The van der Waals surface area contributed by atoms with Crippen LogP contribution in [0.2, 0.25) is 0 Å². The molecule has 1 heterocycles. The van der Waals surface area contributed by atoms with E-state index in [4.69, 9.17) is 4.74 Å². The molecule has 0 aromatic carbocycles. The number of thiophene rings is 1. The lowest BCUT2D eigenvalue weighted by Crippen LogP contribution is -2.10. The van der Waals surface area contributed by atoms with Crippen molar-refractivity contribution in [3.8, 4) is 0 Å². The fourth-order valence-corrected chi connectivity index (χ4v) is 2.98. The molecular formula is C12H14O3S. The van der Waals surface area contributed by atoms with Crippen LogP contribution in [0.1, 0.15) is 39.9 Å². The van der Waals surface area contributed by atoms with Gasteiger partial charge in [0.1, 0.15) is 11.5 Å². The van der Waals surface area contributed by atoms with E-state index < -0.39 is 0 Å². The van der Waals surface area contributed by atoms with Gasteiger partial charge in [-0.15, -0.1) is 11.3 Å². The molecule has 3 nitrogen and oxygen atoms in total. The number of aryl methyl sites for hydroxylation is 2. The second kappa shape index (κ2) is 4.78. The van der Waals surface area contributed by atoms with Crippen LogP contribution in [0.5, 0.6) is 0 Å². The molecule has 1 aliphatic rings. The van der Waals surface area contributed by atoms with Crippen molar-refractivity contribution in [1.82, 2.24) is 0 Å². The molecule has 0 saturated heterocycles. The van der Waals surface area contributed by atoms with E-state index >= 15 is 0 Å². The second-order valence-electron chi connectivity index (χ2n) is 4.04. The van der Waals surface area contributed by atoms with Crippen molar-refractivity contribution in [3.63, 3.8) is 0 Å². The molecule has 0 spiro atoms. The third kappa shape index (κ3) is 2.50. The average Bonchev–Trinajstić information content (AvgIpc) is 2.69. The number of ether oxygens (including phenoxy) is 1. The molecule has 0 unspecified atom stereocenters. The molecular weight excluding hydrogens is 224 g/mol. The van der Waals surface area contributed by atoms with Crippen molar-refractivity contribution < 1.29 is 14.3 Å². The molecule has 2 rings (SSSR count). The predicted octanol–water partition coefficient (Wildman–Crippen LogP) is 2.37. The van der Waals surface area contributed by atoms with E-state index in [1.165, 1.54) is 41.5 Å². The number of rotatable bonds is 3. The Labute approximate surface area is 98.4 Å². The van der Waals surface area contributed by atoms with E-state index in [0.29, 0.717) is 4.88 Å². The van der Waals surface area contributed by atoms with Gasteiger partial charge >= 0.3 is 5.97 Å². The molecule has 86 valence electrons. The van der Waals surface area contributed by atoms with Gasteiger partial charge in [-0.1, -0.05) is 0 Å². The molecule has 0 aliphatic heterocycles. The third-order valence-corrected chi connectivity index (χ3v) is 3.82. The van der Waals surface area contributed by atoms with Gasteiger partial charge in [0.15, 0.2) is 5.78 Å². The minimum atomic E-state index is -0.366. The normalized spacial score (nSPS) is 14.3. The lowest BCUT2D eigenvalue weighted by atomic mass is 9.99. The monoisotopic (exact) mass is 238 g/mol. The first kappa shape index (κ1) is 11.3. The van der Waals surface area contributed by atoms with Crippen molar-refractivity contribution in [3.05, 3.63) is 21.4 Å². The van der Waals surface area contributed by atoms with Crippen LogP contribution in [0, 0.1) is 0 Å². The summed E-state index contributed by atoms with van der Waals surface area (Å²) in [5.74, 6) is -0.496. The Balaban J connectivity index is 2.06. The quantitative estimate of drug-likeness (QED) is 0.759.